The molecule has 0 heterocycles. The standard InChI is InChI=1S/C12H17IO3/c1-15-7-6-10-2-4-12(5-3-10)16-9-11(14)8-13/h2-5,11,14H,6-9H2,1H3/t11-/m0/s1. The Morgan fingerprint density at radius 3 is 2.56 bits per heavy atom. The van der Waals surface area contributed by atoms with E-state index in [1.54, 1.807) is 7.11 Å². The molecule has 0 bridgehead atoms. The zero-order valence-electron chi connectivity index (χ0n) is 9.36. The molecule has 0 unspecified atom stereocenters. The van der Waals surface area contributed by atoms with E-state index in [4.69, 9.17) is 9.47 Å². The molecule has 1 atom stereocenters. The van der Waals surface area contributed by atoms with Gasteiger partial charge in [-0.2, -0.15) is 0 Å². The lowest BCUT2D eigenvalue weighted by Crippen LogP contribution is -2.18. The van der Waals surface area contributed by atoms with E-state index >= 15 is 0 Å². The summed E-state index contributed by atoms with van der Waals surface area (Å²) in [7, 11) is 1.70. The summed E-state index contributed by atoms with van der Waals surface area (Å²) < 4.78 is 11.1. The Hall–Kier alpha value is -0.330. The van der Waals surface area contributed by atoms with Crippen molar-refractivity contribution >= 4 is 22.6 Å². The number of alkyl halides is 1. The first-order valence-electron chi connectivity index (χ1n) is 5.21. The van der Waals surface area contributed by atoms with Crippen molar-refractivity contribution in [3.63, 3.8) is 0 Å². The van der Waals surface area contributed by atoms with Gasteiger partial charge in [0.1, 0.15) is 12.4 Å². The highest BCUT2D eigenvalue weighted by Gasteiger charge is 2.02. The molecule has 1 N–H and O–H groups in total. The van der Waals surface area contributed by atoms with E-state index in [1.165, 1.54) is 5.56 Å². The number of aliphatic hydroxyl groups is 1. The molecule has 0 amide bonds. The maximum Gasteiger partial charge on any atom is 0.119 e. The van der Waals surface area contributed by atoms with E-state index in [1.807, 2.05) is 24.3 Å². The largest absolute Gasteiger partial charge is 0.491 e. The van der Waals surface area contributed by atoms with Gasteiger partial charge in [-0.15, -0.1) is 0 Å². The first kappa shape index (κ1) is 13.7. The number of aliphatic hydroxyl groups excluding tert-OH is 1. The van der Waals surface area contributed by atoms with Crippen molar-refractivity contribution in [1.82, 2.24) is 0 Å². The number of methoxy groups -OCH3 is 1. The van der Waals surface area contributed by atoms with Gasteiger partial charge in [-0.05, 0) is 24.1 Å². The van der Waals surface area contributed by atoms with Gasteiger partial charge in [0.25, 0.3) is 0 Å². The predicted octanol–water partition coefficient (Wildman–Crippen LogP) is 2.05. The zero-order valence-corrected chi connectivity index (χ0v) is 11.5. The Labute approximate surface area is 110 Å². The van der Waals surface area contributed by atoms with Crippen LogP contribution in [0.3, 0.4) is 0 Å². The van der Waals surface area contributed by atoms with E-state index in [9.17, 15) is 5.11 Å². The highest BCUT2D eigenvalue weighted by Crippen LogP contribution is 2.13. The van der Waals surface area contributed by atoms with Crippen LogP contribution < -0.4 is 4.74 Å². The first-order valence-corrected chi connectivity index (χ1v) is 6.73. The Morgan fingerprint density at radius 2 is 2.00 bits per heavy atom. The number of benzene rings is 1. The molecule has 0 aliphatic carbocycles. The third-order valence-corrected chi connectivity index (χ3v) is 3.16. The highest BCUT2D eigenvalue weighted by atomic mass is 127. The minimum Gasteiger partial charge on any atom is -0.491 e. The van der Waals surface area contributed by atoms with Crippen LogP contribution in [0.1, 0.15) is 5.56 Å². The molecule has 0 saturated carbocycles. The number of halogens is 1. The average Bonchev–Trinajstić information content (AvgIpc) is 2.34. The zero-order chi connectivity index (χ0) is 11.8. The first-order chi connectivity index (χ1) is 7.76. The van der Waals surface area contributed by atoms with Crippen LogP contribution in [0.25, 0.3) is 0 Å². The molecule has 3 nitrogen and oxygen atoms in total. The van der Waals surface area contributed by atoms with Crippen LogP contribution >= 0.6 is 22.6 Å². The van der Waals surface area contributed by atoms with Gasteiger partial charge in [0, 0.05) is 11.5 Å². The molecule has 1 aromatic rings. The molecule has 16 heavy (non-hydrogen) atoms. The summed E-state index contributed by atoms with van der Waals surface area (Å²) in [5.41, 5.74) is 1.23. The third-order valence-electron chi connectivity index (χ3n) is 2.14. The lowest BCUT2D eigenvalue weighted by atomic mass is 10.1. The van der Waals surface area contributed by atoms with E-state index in [2.05, 4.69) is 22.6 Å². The lowest BCUT2D eigenvalue weighted by molar-refractivity contribution is 0.128. The van der Waals surface area contributed by atoms with Crippen LogP contribution in [0, 0.1) is 0 Å². The van der Waals surface area contributed by atoms with Gasteiger partial charge in [0.2, 0.25) is 0 Å². The van der Waals surface area contributed by atoms with Crippen molar-refractivity contribution in [2.24, 2.45) is 0 Å². The van der Waals surface area contributed by atoms with Gasteiger partial charge in [-0.25, -0.2) is 0 Å². The van der Waals surface area contributed by atoms with Gasteiger partial charge in [0.15, 0.2) is 0 Å². The second-order valence-electron chi connectivity index (χ2n) is 3.51. The lowest BCUT2D eigenvalue weighted by Gasteiger charge is -2.10. The molecule has 0 aliphatic rings. The minimum atomic E-state index is -0.395. The van der Waals surface area contributed by atoms with Crippen molar-refractivity contribution in [3.8, 4) is 5.75 Å². The molecule has 0 aromatic heterocycles. The van der Waals surface area contributed by atoms with Crippen LogP contribution in [0.15, 0.2) is 24.3 Å². The molecule has 0 aliphatic heterocycles. The monoisotopic (exact) mass is 336 g/mol. The van der Waals surface area contributed by atoms with Gasteiger partial charge in [0.05, 0.1) is 12.7 Å². The van der Waals surface area contributed by atoms with E-state index in [0.717, 1.165) is 18.8 Å². The summed E-state index contributed by atoms with van der Waals surface area (Å²) in [6, 6.07) is 7.88. The molecular formula is C12H17IO3. The molecule has 0 saturated heterocycles. The molecule has 4 heteroatoms. The number of hydrogen-bond donors (Lipinski definition) is 1. The van der Waals surface area contributed by atoms with Crippen LogP contribution in [-0.4, -0.2) is 36.0 Å². The molecular weight excluding hydrogens is 319 g/mol. The summed E-state index contributed by atoms with van der Waals surface area (Å²) in [5, 5.41) is 9.34. The molecule has 0 radical (unpaired) electrons. The Bertz CT molecular complexity index is 287. The van der Waals surface area contributed by atoms with Crippen LogP contribution in [0.4, 0.5) is 0 Å². The summed E-state index contributed by atoms with van der Waals surface area (Å²) in [5.74, 6) is 0.796. The topological polar surface area (TPSA) is 38.7 Å². The predicted molar refractivity (Wildman–Crippen MR) is 72.4 cm³/mol. The molecule has 0 spiro atoms. The molecule has 90 valence electrons. The summed E-state index contributed by atoms with van der Waals surface area (Å²) in [6.07, 6.45) is 0.515. The second-order valence-corrected chi connectivity index (χ2v) is 4.39. The van der Waals surface area contributed by atoms with Crippen LogP contribution in [0.5, 0.6) is 5.75 Å². The summed E-state index contributed by atoms with van der Waals surface area (Å²) in [6.45, 7) is 1.08. The minimum absolute atomic E-state index is 0.348. The highest BCUT2D eigenvalue weighted by molar-refractivity contribution is 14.1. The van der Waals surface area contributed by atoms with Gasteiger partial charge in [-0.1, -0.05) is 34.7 Å². The fraction of sp³-hybridized carbons (Fsp3) is 0.500. The number of hydrogen-bond acceptors (Lipinski definition) is 3. The van der Waals surface area contributed by atoms with Crippen LogP contribution in [0.2, 0.25) is 0 Å². The summed E-state index contributed by atoms with van der Waals surface area (Å²) in [4.78, 5) is 0. The Kier molecular flexibility index (Phi) is 6.75. The van der Waals surface area contributed by atoms with Crippen LogP contribution in [-0.2, 0) is 11.2 Å². The normalized spacial score (nSPS) is 12.4. The number of ether oxygens (including phenoxy) is 2. The number of rotatable bonds is 7. The van der Waals surface area contributed by atoms with Crippen molar-refractivity contribution in [3.05, 3.63) is 29.8 Å². The van der Waals surface area contributed by atoms with Crippen molar-refractivity contribution in [2.75, 3.05) is 24.8 Å². The maximum atomic E-state index is 9.34. The maximum absolute atomic E-state index is 9.34. The van der Waals surface area contributed by atoms with Gasteiger partial charge < -0.3 is 14.6 Å². The van der Waals surface area contributed by atoms with Gasteiger partial charge in [-0.3, -0.25) is 0 Å². The van der Waals surface area contributed by atoms with Gasteiger partial charge >= 0.3 is 0 Å². The van der Waals surface area contributed by atoms with E-state index in [-0.39, 0.29) is 0 Å². The second kappa shape index (κ2) is 7.86. The molecule has 1 aromatic carbocycles. The van der Waals surface area contributed by atoms with Crippen molar-refractivity contribution < 1.29 is 14.6 Å². The van der Waals surface area contributed by atoms with Crippen molar-refractivity contribution in [1.29, 1.82) is 0 Å². The molecule has 0 fully saturated rings. The van der Waals surface area contributed by atoms with E-state index in [0.29, 0.717) is 11.0 Å². The quantitative estimate of drug-likeness (QED) is 0.612. The fourth-order valence-electron chi connectivity index (χ4n) is 1.21. The SMILES string of the molecule is COCCc1ccc(OC[C@@H](O)CI)cc1. The Morgan fingerprint density at radius 1 is 1.31 bits per heavy atom. The average molecular weight is 336 g/mol. The fourth-order valence-corrected chi connectivity index (χ4v) is 1.46. The smallest absolute Gasteiger partial charge is 0.119 e. The summed E-state index contributed by atoms with van der Waals surface area (Å²) >= 11 is 2.13. The third kappa shape index (κ3) is 5.14. The van der Waals surface area contributed by atoms with E-state index < -0.39 is 6.10 Å². The van der Waals surface area contributed by atoms with Crippen molar-refractivity contribution in [2.45, 2.75) is 12.5 Å². The molecule has 1 rings (SSSR count). The Balaban J connectivity index is 2.38.